The number of likely N-dealkylation sites (tertiary alicyclic amines) is 1. The topological polar surface area (TPSA) is 230 Å². The SMILES string of the molecule is CC[C@H](C)[C@H](N)C(=O)N[C@@H](CCCNC(=N)N)C(=O)N1CCC[C@H]1C(=O)N[C@@H](CCCCN)C(=O)O. The second kappa shape index (κ2) is 15.9. The van der Waals surface area contributed by atoms with Gasteiger partial charge in [0.05, 0.1) is 6.04 Å². The van der Waals surface area contributed by atoms with Gasteiger partial charge < -0.3 is 43.2 Å². The van der Waals surface area contributed by atoms with Crippen molar-refractivity contribution in [2.24, 2.45) is 23.1 Å². The molecule has 13 heteroatoms. The van der Waals surface area contributed by atoms with Crippen molar-refractivity contribution in [2.45, 2.75) is 89.4 Å². The molecule has 1 heterocycles. The molecule has 0 spiro atoms. The molecule has 1 aliphatic heterocycles. The van der Waals surface area contributed by atoms with Gasteiger partial charge in [-0.05, 0) is 57.4 Å². The fraction of sp³-hybridized carbons (Fsp3) is 0.783. The first kappa shape index (κ1) is 31.1. The summed E-state index contributed by atoms with van der Waals surface area (Å²) in [6.07, 6.45) is 3.79. The van der Waals surface area contributed by atoms with Crippen molar-refractivity contribution in [2.75, 3.05) is 19.6 Å². The second-order valence-corrected chi connectivity index (χ2v) is 9.33. The van der Waals surface area contributed by atoms with E-state index in [1.807, 2.05) is 13.8 Å². The van der Waals surface area contributed by atoms with Crippen molar-refractivity contribution in [1.82, 2.24) is 20.9 Å². The maximum absolute atomic E-state index is 13.5. The van der Waals surface area contributed by atoms with E-state index in [9.17, 15) is 24.3 Å². The van der Waals surface area contributed by atoms with Crippen molar-refractivity contribution in [3.63, 3.8) is 0 Å². The smallest absolute Gasteiger partial charge is 0.326 e. The number of hydrogen-bond donors (Lipinski definition) is 8. The van der Waals surface area contributed by atoms with Crippen LogP contribution >= 0.6 is 0 Å². The first-order valence-electron chi connectivity index (χ1n) is 12.7. The van der Waals surface area contributed by atoms with Crippen molar-refractivity contribution in [1.29, 1.82) is 5.41 Å². The molecule has 0 aliphatic carbocycles. The van der Waals surface area contributed by atoms with Crippen LogP contribution in [0.2, 0.25) is 0 Å². The predicted molar refractivity (Wildman–Crippen MR) is 136 cm³/mol. The van der Waals surface area contributed by atoms with E-state index in [1.54, 1.807) is 0 Å². The van der Waals surface area contributed by atoms with Gasteiger partial charge in [0.25, 0.3) is 0 Å². The highest BCUT2D eigenvalue weighted by atomic mass is 16.4. The number of rotatable bonds is 16. The van der Waals surface area contributed by atoms with E-state index in [4.69, 9.17) is 22.6 Å². The second-order valence-electron chi connectivity index (χ2n) is 9.33. The van der Waals surface area contributed by atoms with Crippen LogP contribution in [0.4, 0.5) is 0 Å². The molecule has 1 saturated heterocycles. The zero-order chi connectivity index (χ0) is 27.3. The van der Waals surface area contributed by atoms with Crippen molar-refractivity contribution in [3.8, 4) is 0 Å². The Bertz CT molecular complexity index is 765. The third-order valence-corrected chi connectivity index (χ3v) is 6.56. The van der Waals surface area contributed by atoms with E-state index >= 15 is 0 Å². The molecule has 5 atom stereocenters. The number of nitrogens with two attached hydrogens (primary N) is 3. The fourth-order valence-corrected chi connectivity index (χ4v) is 4.09. The average Bonchev–Trinajstić information content (AvgIpc) is 3.33. The molecule has 0 bridgehead atoms. The lowest BCUT2D eigenvalue weighted by molar-refractivity contribution is -0.145. The number of nitrogens with one attached hydrogen (secondary N) is 4. The monoisotopic (exact) mass is 512 g/mol. The maximum Gasteiger partial charge on any atom is 0.326 e. The first-order valence-corrected chi connectivity index (χ1v) is 12.7. The van der Waals surface area contributed by atoms with Crippen LogP contribution in [-0.4, -0.2) is 83.5 Å². The Morgan fingerprint density at radius 1 is 1.11 bits per heavy atom. The lowest BCUT2D eigenvalue weighted by Crippen LogP contribution is -2.57. The number of unbranched alkanes of at least 4 members (excludes halogenated alkanes) is 1. The third kappa shape index (κ3) is 9.97. The number of carboxylic acids is 1. The van der Waals surface area contributed by atoms with Gasteiger partial charge in [-0.15, -0.1) is 0 Å². The molecule has 1 fully saturated rings. The minimum Gasteiger partial charge on any atom is -0.480 e. The number of amides is 3. The molecule has 1 rings (SSSR count). The summed E-state index contributed by atoms with van der Waals surface area (Å²) in [6.45, 7) is 4.85. The zero-order valence-electron chi connectivity index (χ0n) is 21.4. The van der Waals surface area contributed by atoms with E-state index in [-0.39, 0.29) is 24.7 Å². The van der Waals surface area contributed by atoms with Crippen molar-refractivity contribution in [3.05, 3.63) is 0 Å². The average molecular weight is 513 g/mol. The van der Waals surface area contributed by atoms with Crippen LogP contribution in [0.3, 0.4) is 0 Å². The van der Waals surface area contributed by atoms with Gasteiger partial charge in [0.1, 0.15) is 18.1 Å². The molecule has 11 N–H and O–H groups in total. The minimum absolute atomic E-state index is 0.0855. The Kier molecular flexibility index (Phi) is 13.8. The standard InChI is InChI=1S/C23H44N8O5/c1-3-14(2)18(25)20(33)29-15(9-6-12-28-23(26)27)21(34)31-13-7-10-17(31)19(32)30-16(22(35)36)8-4-5-11-24/h14-18H,3-13,24-25H2,1-2H3,(H,29,33)(H,30,32)(H,35,36)(H4,26,27,28)/t14-,15-,16-,17-,18-/m0/s1. The summed E-state index contributed by atoms with van der Waals surface area (Å²) < 4.78 is 0. The number of guanidine groups is 1. The van der Waals surface area contributed by atoms with E-state index in [0.29, 0.717) is 58.2 Å². The van der Waals surface area contributed by atoms with E-state index in [1.165, 1.54) is 4.90 Å². The number of hydrogen-bond acceptors (Lipinski definition) is 7. The van der Waals surface area contributed by atoms with Gasteiger partial charge in [-0.3, -0.25) is 19.8 Å². The van der Waals surface area contributed by atoms with Gasteiger partial charge in [-0.1, -0.05) is 20.3 Å². The summed E-state index contributed by atoms with van der Waals surface area (Å²) in [5, 5.41) is 24.7. The summed E-state index contributed by atoms with van der Waals surface area (Å²) in [4.78, 5) is 52.2. The molecular weight excluding hydrogens is 468 g/mol. The van der Waals surface area contributed by atoms with Crippen LogP contribution in [0, 0.1) is 11.3 Å². The molecule has 0 aromatic rings. The number of nitrogens with zero attached hydrogens (tertiary/aromatic N) is 1. The zero-order valence-corrected chi connectivity index (χ0v) is 21.4. The Morgan fingerprint density at radius 2 is 1.78 bits per heavy atom. The van der Waals surface area contributed by atoms with Gasteiger partial charge in [0.2, 0.25) is 17.7 Å². The van der Waals surface area contributed by atoms with Crippen LogP contribution < -0.4 is 33.2 Å². The summed E-state index contributed by atoms with van der Waals surface area (Å²) in [6, 6.07) is -3.60. The highest BCUT2D eigenvalue weighted by Gasteiger charge is 2.39. The Hall–Kier alpha value is -2.93. The Labute approximate surface area is 212 Å². The van der Waals surface area contributed by atoms with Crippen LogP contribution in [0.25, 0.3) is 0 Å². The molecule has 0 saturated carbocycles. The fourth-order valence-electron chi connectivity index (χ4n) is 4.09. The number of carbonyl (C=O) groups excluding carboxylic acids is 3. The number of aliphatic carboxylic acids is 1. The molecule has 206 valence electrons. The highest BCUT2D eigenvalue weighted by molar-refractivity contribution is 5.94. The molecule has 0 radical (unpaired) electrons. The van der Waals surface area contributed by atoms with Gasteiger partial charge in [-0.2, -0.15) is 0 Å². The van der Waals surface area contributed by atoms with Crippen LogP contribution in [0.1, 0.15) is 65.2 Å². The first-order chi connectivity index (χ1) is 17.0. The van der Waals surface area contributed by atoms with Gasteiger partial charge in [-0.25, -0.2) is 4.79 Å². The van der Waals surface area contributed by atoms with Crippen LogP contribution in [-0.2, 0) is 19.2 Å². The largest absolute Gasteiger partial charge is 0.480 e. The Balaban J connectivity index is 2.95. The molecule has 13 nitrogen and oxygen atoms in total. The van der Waals surface area contributed by atoms with Crippen LogP contribution in [0.15, 0.2) is 0 Å². The van der Waals surface area contributed by atoms with E-state index < -0.39 is 47.9 Å². The van der Waals surface area contributed by atoms with Crippen LogP contribution in [0.5, 0.6) is 0 Å². The number of carboxylic acid groups (broad SMARTS) is 1. The molecule has 0 aromatic carbocycles. The summed E-state index contributed by atoms with van der Waals surface area (Å²) in [5.74, 6) is -2.82. The summed E-state index contributed by atoms with van der Waals surface area (Å²) >= 11 is 0. The summed E-state index contributed by atoms with van der Waals surface area (Å²) in [7, 11) is 0. The number of carbonyl (C=O) groups is 4. The van der Waals surface area contributed by atoms with Gasteiger partial charge >= 0.3 is 5.97 Å². The van der Waals surface area contributed by atoms with Crippen molar-refractivity contribution < 1.29 is 24.3 Å². The van der Waals surface area contributed by atoms with Crippen molar-refractivity contribution >= 4 is 29.7 Å². The molecule has 0 aromatic heterocycles. The lowest BCUT2D eigenvalue weighted by Gasteiger charge is -2.30. The van der Waals surface area contributed by atoms with Gasteiger partial charge in [0.15, 0.2) is 5.96 Å². The molecule has 1 aliphatic rings. The van der Waals surface area contributed by atoms with Gasteiger partial charge in [0, 0.05) is 13.1 Å². The predicted octanol–water partition coefficient (Wildman–Crippen LogP) is -1.20. The maximum atomic E-state index is 13.5. The quantitative estimate of drug-likeness (QED) is 0.0704. The van der Waals surface area contributed by atoms with E-state index in [2.05, 4.69) is 16.0 Å². The minimum atomic E-state index is -1.14. The Morgan fingerprint density at radius 3 is 2.36 bits per heavy atom. The van der Waals surface area contributed by atoms with E-state index in [0.717, 1.165) is 0 Å². The molecule has 36 heavy (non-hydrogen) atoms. The summed E-state index contributed by atoms with van der Waals surface area (Å²) in [5.41, 5.74) is 16.8. The normalized spacial score (nSPS) is 18.6. The lowest BCUT2D eigenvalue weighted by atomic mass is 9.98. The molecule has 0 unspecified atom stereocenters. The third-order valence-electron chi connectivity index (χ3n) is 6.56. The molecular formula is C23H44N8O5. The molecule has 3 amide bonds. The highest BCUT2D eigenvalue weighted by Crippen LogP contribution is 2.20.